The van der Waals surface area contributed by atoms with Crippen molar-refractivity contribution in [3.63, 3.8) is 0 Å². The highest BCUT2D eigenvalue weighted by molar-refractivity contribution is 9.10. The van der Waals surface area contributed by atoms with Gasteiger partial charge in [-0.15, -0.1) is 0 Å². The van der Waals surface area contributed by atoms with Crippen LogP contribution in [0.3, 0.4) is 0 Å². The lowest BCUT2D eigenvalue weighted by atomic mass is 10.1. The lowest BCUT2D eigenvalue weighted by Crippen LogP contribution is -2.24. The van der Waals surface area contributed by atoms with E-state index in [1.165, 1.54) is 18.4 Å². The fraction of sp³-hybridized carbons (Fsp3) is 0.444. The molecule has 2 nitrogen and oxygen atoms in total. The third-order valence-electron chi connectivity index (χ3n) is 2.49. The largest absolute Gasteiger partial charge is 0.310 e. The normalized spacial score (nSPS) is 19.2. The van der Waals surface area contributed by atoms with Crippen LogP contribution in [0, 0.1) is 0 Å². The second-order valence-corrected chi connectivity index (χ2v) is 4.14. The van der Waals surface area contributed by atoms with E-state index in [4.69, 9.17) is 0 Å². The van der Waals surface area contributed by atoms with Gasteiger partial charge in [-0.25, -0.2) is 0 Å². The maximum Gasteiger partial charge on any atom is 0.0449 e. The van der Waals surface area contributed by atoms with Crippen molar-refractivity contribution in [3.05, 3.63) is 28.5 Å². The molecule has 0 aromatic carbocycles. The number of rotatable bonds is 2. The third kappa shape index (κ3) is 1.27. The van der Waals surface area contributed by atoms with Gasteiger partial charge < -0.3 is 5.32 Å². The molecule has 0 unspecified atom stereocenters. The fourth-order valence-electron chi connectivity index (χ4n) is 1.48. The van der Waals surface area contributed by atoms with Crippen molar-refractivity contribution in [1.82, 2.24) is 10.3 Å². The zero-order chi connectivity index (χ0) is 8.60. The van der Waals surface area contributed by atoms with Gasteiger partial charge in [0.15, 0.2) is 0 Å². The van der Waals surface area contributed by atoms with Crippen molar-refractivity contribution in [2.75, 3.05) is 7.05 Å². The first-order chi connectivity index (χ1) is 5.77. The van der Waals surface area contributed by atoms with Crippen LogP contribution in [-0.4, -0.2) is 12.0 Å². The second-order valence-electron chi connectivity index (χ2n) is 3.22. The van der Waals surface area contributed by atoms with Crippen molar-refractivity contribution in [2.24, 2.45) is 0 Å². The molecular weight excluding hydrogens is 216 g/mol. The maximum atomic E-state index is 4.15. The zero-order valence-corrected chi connectivity index (χ0v) is 8.56. The van der Waals surface area contributed by atoms with Crippen LogP contribution in [0.15, 0.2) is 22.9 Å². The molecule has 12 heavy (non-hydrogen) atoms. The SMILES string of the molecule is CNC1(c2cncc(Br)c2)CC1. The molecular formula is C9H11BrN2. The summed E-state index contributed by atoms with van der Waals surface area (Å²) in [5, 5.41) is 3.34. The average molecular weight is 227 g/mol. The Balaban J connectivity index is 2.34. The van der Waals surface area contributed by atoms with Crippen molar-refractivity contribution in [1.29, 1.82) is 0 Å². The van der Waals surface area contributed by atoms with Gasteiger partial charge in [-0.2, -0.15) is 0 Å². The number of aromatic nitrogens is 1. The van der Waals surface area contributed by atoms with E-state index in [0.717, 1.165) is 4.47 Å². The standard InChI is InChI=1S/C9H11BrN2/c1-11-9(2-3-9)7-4-8(10)6-12-5-7/h4-6,11H,2-3H2,1H3. The molecule has 0 bridgehead atoms. The van der Waals surface area contributed by atoms with E-state index in [2.05, 4.69) is 32.3 Å². The van der Waals surface area contributed by atoms with Gasteiger partial charge in [-0.3, -0.25) is 4.98 Å². The first kappa shape index (κ1) is 8.20. The quantitative estimate of drug-likeness (QED) is 0.836. The molecule has 1 aromatic rings. The van der Waals surface area contributed by atoms with Crippen LogP contribution in [0.25, 0.3) is 0 Å². The molecule has 3 heteroatoms. The summed E-state index contributed by atoms with van der Waals surface area (Å²) in [7, 11) is 2.01. The van der Waals surface area contributed by atoms with E-state index in [0.29, 0.717) is 0 Å². The second kappa shape index (κ2) is 2.82. The van der Waals surface area contributed by atoms with E-state index < -0.39 is 0 Å². The molecule has 0 saturated heterocycles. The molecule has 1 heterocycles. The van der Waals surface area contributed by atoms with Crippen molar-refractivity contribution in [2.45, 2.75) is 18.4 Å². The van der Waals surface area contributed by atoms with Crippen molar-refractivity contribution in [3.8, 4) is 0 Å². The summed E-state index contributed by atoms with van der Waals surface area (Å²) in [6.45, 7) is 0. The topological polar surface area (TPSA) is 24.9 Å². The molecule has 0 atom stereocenters. The zero-order valence-electron chi connectivity index (χ0n) is 6.97. The Hall–Kier alpha value is -0.410. The van der Waals surface area contributed by atoms with Crippen LogP contribution in [-0.2, 0) is 5.54 Å². The average Bonchev–Trinajstić information content (AvgIpc) is 2.84. The summed E-state index contributed by atoms with van der Waals surface area (Å²) in [5.74, 6) is 0. The van der Waals surface area contributed by atoms with Gasteiger partial charge in [0, 0.05) is 22.4 Å². The van der Waals surface area contributed by atoms with Crippen LogP contribution in [0.1, 0.15) is 18.4 Å². The highest BCUT2D eigenvalue weighted by atomic mass is 79.9. The number of hydrogen-bond acceptors (Lipinski definition) is 2. The molecule has 2 rings (SSSR count). The van der Waals surface area contributed by atoms with Gasteiger partial charge in [0.25, 0.3) is 0 Å². The predicted octanol–water partition coefficient (Wildman–Crippen LogP) is 2.05. The first-order valence-electron chi connectivity index (χ1n) is 4.07. The monoisotopic (exact) mass is 226 g/mol. The highest BCUT2D eigenvalue weighted by Crippen LogP contribution is 2.45. The van der Waals surface area contributed by atoms with E-state index in [9.17, 15) is 0 Å². The number of nitrogens with one attached hydrogen (secondary N) is 1. The van der Waals surface area contributed by atoms with Crippen LogP contribution >= 0.6 is 15.9 Å². The molecule has 1 N–H and O–H groups in total. The van der Waals surface area contributed by atoms with E-state index in [-0.39, 0.29) is 5.54 Å². The molecule has 1 saturated carbocycles. The number of hydrogen-bond donors (Lipinski definition) is 1. The van der Waals surface area contributed by atoms with Crippen LogP contribution in [0.4, 0.5) is 0 Å². The molecule has 0 aliphatic heterocycles. The van der Waals surface area contributed by atoms with Crippen LogP contribution in [0.2, 0.25) is 0 Å². The number of halogens is 1. The minimum Gasteiger partial charge on any atom is -0.310 e. The Morgan fingerprint density at radius 2 is 2.25 bits per heavy atom. The molecule has 64 valence electrons. The van der Waals surface area contributed by atoms with E-state index >= 15 is 0 Å². The van der Waals surface area contributed by atoms with Crippen molar-refractivity contribution >= 4 is 15.9 Å². The lowest BCUT2D eigenvalue weighted by Gasteiger charge is -2.13. The maximum absolute atomic E-state index is 4.15. The van der Waals surface area contributed by atoms with Crippen LogP contribution in [0.5, 0.6) is 0 Å². The summed E-state index contributed by atoms with van der Waals surface area (Å²) < 4.78 is 1.06. The molecule has 0 spiro atoms. The first-order valence-corrected chi connectivity index (χ1v) is 4.86. The number of pyridine rings is 1. The molecule has 1 aromatic heterocycles. The molecule has 1 fully saturated rings. The summed E-state index contributed by atoms with van der Waals surface area (Å²) in [6.07, 6.45) is 6.20. The third-order valence-corrected chi connectivity index (χ3v) is 2.92. The Kier molecular flexibility index (Phi) is 1.93. The lowest BCUT2D eigenvalue weighted by molar-refractivity contribution is 0.583. The Morgan fingerprint density at radius 3 is 2.75 bits per heavy atom. The highest BCUT2D eigenvalue weighted by Gasteiger charge is 2.42. The van der Waals surface area contributed by atoms with Gasteiger partial charge in [0.2, 0.25) is 0 Å². The van der Waals surface area contributed by atoms with Crippen molar-refractivity contribution < 1.29 is 0 Å². The van der Waals surface area contributed by atoms with Gasteiger partial charge >= 0.3 is 0 Å². The van der Waals surface area contributed by atoms with Crippen LogP contribution < -0.4 is 5.32 Å². The van der Waals surface area contributed by atoms with Gasteiger partial charge in [-0.1, -0.05) is 0 Å². The van der Waals surface area contributed by atoms with E-state index in [1.54, 1.807) is 0 Å². The smallest absolute Gasteiger partial charge is 0.0449 e. The molecule has 1 aliphatic rings. The molecule has 0 radical (unpaired) electrons. The predicted molar refractivity (Wildman–Crippen MR) is 51.9 cm³/mol. The van der Waals surface area contributed by atoms with Gasteiger partial charge in [0.1, 0.15) is 0 Å². The van der Waals surface area contributed by atoms with Gasteiger partial charge in [-0.05, 0) is 47.4 Å². The Morgan fingerprint density at radius 1 is 1.50 bits per heavy atom. The summed E-state index contributed by atoms with van der Waals surface area (Å²) in [6, 6.07) is 2.14. The number of nitrogens with zero attached hydrogens (tertiary/aromatic N) is 1. The summed E-state index contributed by atoms with van der Waals surface area (Å²) in [4.78, 5) is 4.15. The summed E-state index contributed by atoms with van der Waals surface area (Å²) in [5.41, 5.74) is 1.52. The molecule has 1 aliphatic carbocycles. The summed E-state index contributed by atoms with van der Waals surface area (Å²) >= 11 is 3.42. The van der Waals surface area contributed by atoms with Gasteiger partial charge in [0.05, 0.1) is 0 Å². The minimum absolute atomic E-state index is 0.233. The fourth-order valence-corrected chi connectivity index (χ4v) is 1.85. The van der Waals surface area contributed by atoms with E-state index in [1.807, 2.05) is 19.4 Å². The minimum atomic E-state index is 0.233. The molecule has 0 amide bonds. The Labute approximate surface area is 80.5 Å². The Bertz CT molecular complexity index is 294.